The smallest absolute Gasteiger partial charge is 0.409 e. The zero-order valence-corrected chi connectivity index (χ0v) is 14.3. The molecule has 0 bridgehead atoms. The molecular formula is C19H26N2O3. The van der Waals surface area contributed by atoms with Crippen LogP contribution in [0.3, 0.4) is 0 Å². The molecule has 0 radical (unpaired) electrons. The molecule has 1 saturated heterocycles. The molecule has 2 amide bonds. The Morgan fingerprint density at radius 3 is 2.62 bits per heavy atom. The van der Waals surface area contributed by atoms with Crippen LogP contribution >= 0.6 is 0 Å². The van der Waals surface area contributed by atoms with Gasteiger partial charge in [0, 0.05) is 25.7 Å². The van der Waals surface area contributed by atoms with Crippen LogP contribution in [0.25, 0.3) is 0 Å². The zero-order chi connectivity index (χ0) is 16.9. The number of likely N-dealkylation sites (tertiary alicyclic amines) is 1. The lowest BCUT2D eigenvalue weighted by atomic mass is 9.96. The van der Waals surface area contributed by atoms with Gasteiger partial charge in [0.25, 0.3) is 0 Å². The van der Waals surface area contributed by atoms with Crippen LogP contribution in [0.4, 0.5) is 4.79 Å². The number of hydrogen-bond acceptors (Lipinski definition) is 3. The van der Waals surface area contributed by atoms with Crippen LogP contribution in [0, 0.1) is 5.92 Å². The Hall–Kier alpha value is -2.04. The highest BCUT2D eigenvalue weighted by atomic mass is 16.6. The molecule has 0 spiro atoms. The van der Waals surface area contributed by atoms with Crippen LogP contribution in [0.5, 0.6) is 0 Å². The lowest BCUT2D eigenvalue weighted by Gasteiger charge is -2.34. The number of benzene rings is 1. The van der Waals surface area contributed by atoms with Crippen molar-refractivity contribution < 1.29 is 14.3 Å². The molecule has 5 heteroatoms. The van der Waals surface area contributed by atoms with Crippen LogP contribution in [0.1, 0.15) is 38.2 Å². The number of rotatable bonds is 5. The summed E-state index contributed by atoms with van der Waals surface area (Å²) >= 11 is 0. The first-order valence-electron chi connectivity index (χ1n) is 8.95. The van der Waals surface area contributed by atoms with Crippen molar-refractivity contribution in [3.63, 3.8) is 0 Å². The third-order valence-electron chi connectivity index (χ3n) is 4.76. The maximum atomic E-state index is 13.1. The van der Waals surface area contributed by atoms with E-state index in [1.807, 2.05) is 23.1 Å². The third kappa shape index (κ3) is 4.08. The van der Waals surface area contributed by atoms with E-state index in [1.165, 1.54) is 0 Å². The van der Waals surface area contributed by atoms with Crippen LogP contribution in [-0.2, 0) is 16.1 Å². The van der Waals surface area contributed by atoms with E-state index >= 15 is 0 Å². The van der Waals surface area contributed by atoms with Crippen molar-refractivity contribution in [3.05, 3.63) is 35.9 Å². The van der Waals surface area contributed by atoms with E-state index < -0.39 is 0 Å². The van der Waals surface area contributed by atoms with Crippen molar-refractivity contribution >= 4 is 12.0 Å². The van der Waals surface area contributed by atoms with Gasteiger partial charge in [0.15, 0.2) is 0 Å². The first-order chi connectivity index (χ1) is 11.7. The topological polar surface area (TPSA) is 49.9 Å². The summed E-state index contributed by atoms with van der Waals surface area (Å²) in [5, 5.41) is 0. The normalized spacial score (nSPS) is 20.5. The van der Waals surface area contributed by atoms with Gasteiger partial charge < -0.3 is 14.5 Å². The fourth-order valence-electron chi connectivity index (χ4n) is 3.35. The average Bonchev–Trinajstić information content (AvgIpc) is 3.45. The van der Waals surface area contributed by atoms with Gasteiger partial charge in [0.1, 0.15) is 0 Å². The fraction of sp³-hybridized carbons (Fsp3) is 0.579. The Morgan fingerprint density at radius 2 is 1.96 bits per heavy atom. The van der Waals surface area contributed by atoms with Crippen LogP contribution < -0.4 is 0 Å². The van der Waals surface area contributed by atoms with E-state index in [4.69, 9.17) is 4.74 Å². The summed E-state index contributed by atoms with van der Waals surface area (Å²) in [6.07, 6.45) is 3.60. The average molecular weight is 330 g/mol. The minimum atomic E-state index is -0.295. The molecule has 0 N–H and O–H groups in total. The second kappa shape index (κ2) is 7.69. The summed E-state index contributed by atoms with van der Waals surface area (Å²) in [6, 6.07) is 10.5. The van der Waals surface area contributed by atoms with Gasteiger partial charge in [-0.15, -0.1) is 0 Å². The summed E-state index contributed by atoms with van der Waals surface area (Å²) in [7, 11) is 0. The Bertz CT molecular complexity index is 571. The Kier molecular flexibility index (Phi) is 5.38. The van der Waals surface area contributed by atoms with Crippen molar-refractivity contribution in [2.45, 2.75) is 45.2 Å². The Labute approximate surface area is 143 Å². The molecule has 1 aromatic carbocycles. The molecule has 1 heterocycles. The predicted molar refractivity (Wildman–Crippen MR) is 91.3 cm³/mol. The molecule has 1 unspecified atom stereocenters. The van der Waals surface area contributed by atoms with E-state index in [-0.39, 0.29) is 17.9 Å². The van der Waals surface area contributed by atoms with Crippen molar-refractivity contribution in [2.75, 3.05) is 19.7 Å². The minimum absolute atomic E-state index is 0.104. The summed E-state index contributed by atoms with van der Waals surface area (Å²) in [6.45, 7) is 4.01. The van der Waals surface area contributed by atoms with Gasteiger partial charge in [-0.25, -0.2) is 4.79 Å². The van der Waals surface area contributed by atoms with Gasteiger partial charge in [-0.2, -0.15) is 0 Å². The monoisotopic (exact) mass is 330 g/mol. The van der Waals surface area contributed by atoms with Gasteiger partial charge in [0.05, 0.1) is 12.5 Å². The van der Waals surface area contributed by atoms with Crippen LogP contribution in [-0.4, -0.2) is 47.5 Å². The number of carbonyl (C=O) groups is 2. The van der Waals surface area contributed by atoms with Gasteiger partial charge in [-0.05, 0) is 38.2 Å². The molecule has 1 atom stereocenters. The molecule has 1 aromatic rings. The SMILES string of the molecule is CCOC(=O)N1CCCC(C(=O)N(Cc2ccccc2)C2CC2)C1. The van der Waals surface area contributed by atoms with E-state index in [0.29, 0.717) is 32.3 Å². The van der Waals surface area contributed by atoms with Gasteiger partial charge in [0.2, 0.25) is 5.91 Å². The lowest BCUT2D eigenvalue weighted by Crippen LogP contribution is -2.47. The van der Waals surface area contributed by atoms with E-state index in [1.54, 1.807) is 11.8 Å². The maximum Gasteiger partial charge on any atom is 0.409 e. The zero-order valence-electron chi connectivity index (χ0n) is 14.3. The summed E-state index contributed by atoms with van der Waals surface area (Å²) < 4.78 is 5.09. The van der Waals surface area contributed by atoms with E-state index in [9.17, 15) is 9.59 Å². The first-order valence-corrected chi connectivity index (χ1v) is 8.95. The summed E-state index contributed by atoms with van der Waals surface area (Å²) in [5.74, 6) is 0.0859. The molecular weight excluding hydrogens is 304 g/mol. The van der Waals surface area contributed by atoms with Gasteiger partial charge >= 0.3 is 6.09 Å². The minimum Gasteiger partial charge on any atom is -0.450 e. The van der Waals surface area contributed by atoms with Crippen molar-refractivity contribution in [2.24, 2.45) is 5.92 Å². The maximum absolute atomic E-state index is 13.1. The molecule has 0 aromatic heterocycles. The van der Waals surface area contributed by atoms with Crippen LogP contribution in [0.15, 0.2) is 30.3 Å². The number of piperidine rings is 1. The highest BCUT2D eigenvalue weighted by Crippen LogP contribution is 2.31. The third-order valence-corrected chi connectivity index (χ3v) is 4.76. The number of nitrogens with zero attached hydrogens (tertiary/aromatic N) is 2. The molecule has 1 aliphatic carbocycles. The van der Waals surface area contributed by atoms with Crippen molar-refractivity contribution in [1.82, 2.24) is 9.80 Å². The first kappa shape index (κ1) is 16.8. The number of ether oxygens (including phenoxy) is 1. The lowest BCUT2D eigenvalue weighted by molar-refractivity contribution is -0.138. The Morgan fingerprint density at radius 1 is 1.21 bits per heavy atom. The summed E-state index contributed by atoms with van der Waals surface area (Å²) in [4.78, 5) is 28.7. The molecule has 5 nitrogen and oxygen atoms in total. The largest absolute Gasteiger partial charge is 0.450 e. The summed E-state index contributed by atoms with van der Waals surface area (Å²) in [5.41, 5.74) is 1.16. The second-order valence-electron chi connectivity index (χ2n) is 6.67. The molecule has 2 fully saturated rings. The van der Waals surface area contributed by atoms with Gasteiger partial charge in [-0.3, -0.25) is 4.79 Å². The Balaban J connectivity index is 1.65. The van der Waals surface area contributed by atoms with E-state index in [0.717, 1.165) is 31.2 Å². The predicted octanol–water partition coefficient (Wildman–Crippen LogP) is 3.05. The molecule has 24 heavy (non-hydrogen) atoms. The molecule has 130 valence electrons. The molecule has 1 saturated carbocycles. The number of carbonyl (C=O) groups excluding carboxylic acids is 2. The van der Waals surface area contributed by atoms with Crippen molar-refractivity contribution in [3.8, 4) is 0 Å². The number of amides is 2. The highest BCUT2D eigenvalue weighted by molar-refractivity contribution is 5.80. The van der Waals surface area contributed by atoms with Gasteiger partial charge in [-0.1, -0.05) is 30.3 Å². The fourth-order valence-corrected chi connectivity index (χ4v) is 3.35. The van der Waals surface area contributed by atoms with Crippen LogP contribution in [0.2, 0.25) is 0 Å². The molecule has 2 aliphatic rings. The van der Waals surface area contributed by atoms with E-state index in [2.05, 4.69) is 12.1 Å². The highest BCUT2D eigenvalue weighted by Gasteiger charge is 2.38. The quantitative estimate of drug-likeness (QED) is 0.834. The second-order valence-corrected chi connectivity index (χ2v) is 6.67. The molecule has 3 rings (SSSR count). The van der Waals surface area contributed by atoms with Crippen molar-refractivity contribution in [1.29, 1.82) is 0 Å². The molecule has 1 aliphatic heterocycles. The number of hydrogen-bond donors (Lipinski definition) is 0. The standard InChI is InChI=1S/C19H26N2O3/c1-2-24-19(23)20-12-6-9-16(14-20)18(22)21(17-10-11-17)13-15-7-4-3-5-8-15/h3-5,7-8,16-17H,2,6,9-14H2,1H3.